The molecule has 0 spiro atoms. The van der Waals surface area contributed by atoms with Crippen molar-refractivity contribution in [3.63, 3.8) is 0 Å². The lowest BCUT2D eigenvalue weighted by molar-refractivity contribution is 0.366. The molecule has 0 bridgehead atoms. The van der Waals surface area contributed by atoms with Gasteiger partial charge in [-0.05, 0) is 72.8 Å². The molecule has 6 aromatic carbocycles. The van der Waals surface area contributed by atoms with Gasteiger partial charge in [-0.15, -0.1) is 0 Å². The highest BCUT2D eigenvalue weighted by Crippen LogP contribution is 2.31. The van der Waals surface area contributed by atoms with E-state index in [0.717, 1.165) is 0 Å². The summed E-state index contributed by atoms with van der Waals surface area (Å²) in [5, 5.41) is 0. The minimum atomic E-state index is -6.00. The van der Waals surface area contributed by atoms with Gasteiger partial charge in [-0.1, -0.05) is 109 Å². The van der Waals surface area contributed by atoms with Crippen LogP contribution in [0, 0.1) is 0 Å². The Morgan fingerprint density at radius 3 is 0.438 bits per heavy atom. The van der Waals surface area contributed by atoms with E-state index in [-0.39, 0.29) is 21.8 Å². The summed E-state index contributed by atoms with van der Waals surface area (Å²) in [7, 11) is -12.0. The fourth-order valence-electron chi connectivity index (χ4n) is 4.16. The molecule has 0 nitrogen and oxygen atoms in total. The Bertz CT molecular complexity index is 1370. The van der Waals surface area contributed by atoms with Gasteiger partial charge in [0.15, 0.2) is 29.4 Å². The molecule has 0 saturated carbocycles. The first-order valence-corrected chi connectivity index (χ1v) is 16.9. The number of rotatable bonds is 6. The molecule has 6 aromatic rings. The van der Waals surface area contributed by atoms with Gasteiger partial charge in [0.25, 0.3) is 0 Å². The molecule has 48 heavy (non-hydrogen) atoms. The largest absolute Gasteiger partial charge is 0.673 e. The first-order valence-electron chi connectivity index (χ1n) is 14.4. The molecule has 0 unspecified atom stereocenters. The second-order valence-electron chi connectivity index (χ2n) is 9.48. The molecule has 0 heterocycles. The van der Waals surface area contributed by atoms with Crippen molar-refractivity contribution < 1.29 is 34.5 Å². The lowest BCUT2D eigenvalue weighted by atomic mass is 10.3. The van der Waals surface area contributed by atoms with Crippen molar-refractivity contribution in [2.75, 3.05) is 0 Å². The Morgan fingerprint density at radius 2 is 0.333 bits per heavy atom. The van der Waals surface area contributed by atoms with Crippen LogP contribution in [-0.2, 0) is 21.8 Å². The summed E-state index contributed by atoms with van der Waals surface area (Å²) in [4.78, 5) is 8.17. The minimum Gasteiger partial charge on any atom is -0.418 e. The average Bonchev–Trinajstić information content (AvgIpc) is 3.07. The van der Waals surface area contributed by atoms with Crippen molar-refractivity contribution in [1.82, 2.24) is 0 Å². The van der Waals surface area contributed by atoms with Crippen molar-refractivity contribution in [3.8, 4) is 0 Å². The fraction of sp³-hybridized carbons (Fsp3) is 0. The van der Waals surface area contributed by atoms with Crippen LogP contribution in [0.25, 0.3) is 0 Å². The van der Waals surface area contributed by atoms with Gasteiger partial charge < -0.3 is 34.5 Å². The summed E-state index contributed by atoms with van der Waals surface area (Å²) in [5.41, 5.74) is 0. The molecule has 6 rings (SSSR count). The third-order valence-corrected chi connectivity index (χ3v) is 10.3. The fourth-order valence-corrected chi connectivity index (χ4v) is 8.36. The molecule has 0 aliphatic carbocycles. The summed E-state index contributed by atoms with van der Waals surface area (Å²) in [6.45, 7) is 0. The van der Waals surface area contributed by atoms with Crippen LogP contribution < -0.4 is 0 Å². The predicted molar refractivity (Wildman–Crippen MR) is 183 cm³/mol. The van der Waals surface area contributed by atoms with Gasteiger partial charge in [-0.3, -0.25) is 0 Å². The predicted octanol–water partition coefficient (Wildman–Crippen LogP) is 12.2. The van der Waals surface area contributed by atoms with Gasteiger partial charge in [-0.2, -0.15) is 0 Å². The zero-order valence-corrected chi connectivity index (χ0v) is 26.9. The smallest absolute Gasteiger partial charge is 0.418 e. The van der Waals surface area contributed by atoms with Gasteiger partial charge in [0.1, 0.15) is 0 Å². The maximum absolute atomic E-state index is 9.75. The Hall–Kier alpha value is -4.41. The quantitative estimate of drug-likeness (QED) is 0.0922. The van der Waals surface area contributed by atoms with Gasteiger partial charge >= 0.3 is 14.5 Å². The van der Waals surface area contributed by atoms with Gasteiger partial charge in [0, 0.05) is 0 Å². The Labute approximate surface area is 281 Å². The standard InChI is InChI=1S/2C18H15S.2BF4/c2*1-4-10-16(11-5-1)19(17-12-6-2-7-13-17)18-14-8-3-9-15-18;2*2-1(3,4)5/h2*1-15H;;/q2*+1;2*-1. The highest BCUT2D eigenvalue weighted by atomic mass is 32.2. The van der Waals surface area contributed by atoms with Crippen LogP contribution >= 0.6 is 0 Å². The van der Waals surface area contributed by atoms with Crippen molar-refractivity contribution >= 4 is 36.3 Å². The van der Waals surface area contributed by atoms with Crippen molar-refractivity contribution in [2.24, 2.45) is 0 Å². The van der Waals surface area contributed by atoms with Crippen LogP contribution in [0.3, 0.4) is 0 Å². The lowest BCUT2D eigenvalue weighted by Crippen LogP contribution is -2.04. The van der Waals surface area contributed by atoms with Crippen LogP contribution in [-0.4, -0.2) is 14.5 Å². The van der Waals surface area contributed by atoms with Crippen LogP contribution in [0.4, 0.5) is 34.5 Å². The molecule has 0 radical (unpaired) electrons. The highest BCUT2D eigenvalue weighted by molar-refractivity contribution is 7.97. The van der Waals surface area contributed by atoms with E-state index in [2.05, 4.69) is 182 Å². The van der Waals surface area contributed by atoms with E-state index in [0.29, 0.717) is 0 Å². The second-order valence-corrected chi connectivity index (χ2v) is 13.5. The molecule has 0 saturated heterocycles. The van der Waals surface area contributed by atoms with Crippen molar-refractivity contribution in [1.29, 1.82) is 0 Å². The van der Waals surface area contributed by atoms with Gasteiger partial charge in [0.2, 0.25) is 0 Å². The van der Waals surface area contributed by atoms with Crippen LogP contribution in [0.15, 0.2) is 211 Å². The lowest BCUT2D eigenvalue weighted by Gasteiger charge is -2.07. The topological polar surface area (TPSA) is 0 Å². The number of hydrogen-bond acceptors (Lipinski definition) is 0. The van der Waals surface area contributed by atoms with Gasteiger partial charge in [-0.25, -0.2) is 0 Å². The molecule has 0 fully saturated rings. The second kappa shape index (κ2) is 19.4. The summed E-state index contributed by atoms with van der Waals surface area (Å²) < 4.78 is 78.0. The third-order valence-electron chi connectivity index (χ3n) is 5.87. The monoisotopic (exact) mass is 700 g/mol. The van der Waals surface area contributed by atoms with E-state index < -0.39 is 14.5 Å². The molecule has 0 atom stereocenters. The van der Waals surface area contributed by atoms with Crippen LogP contribution in [0.5, 0.6) is 0 Å². The minimum absolute atomic E-state index is 0.0146. The molecule has 248 valence electrons. The van der Waals surface area contributed by atoms with E-state index in [9.17, 15) is 34.5 Å². The highest BCUT2D eigenvalue weighted by Gasteiger charge is 2.28. The van der Waals surface area contributed by atoms with Crippen LogP contribution in [0.2, 0.25) is 0 Å². The van der Waals surface area contributed by atoms with E-state index in [1.54, 1.807) is 0 Å². The first-order chi connectivity index (χ1) is 22.9. The Morgan fingerprint density at radius 1 is 0.229 bits per heavy atom. The average molecular weight is 700 g/mol. The van der Waals surface area contributed by atoms with Crippen molar-refractivity contribution in [2.45, 2.75) is 29.4 Å². The maximum atomic E-state index is 9.75. The first kappa shape index (κ1) is 38.0. The molecule has 0 aliphatic heterocycles. The Balaban J connectivity index is 0.000000204. The number of hydrogen-bond donors (Lipinski definition) is 0. The number of benzene rings is 6. The molecule has 0 aromatic heterocycles. The molecule has 0 amide bonds. The van der Waals surface area contributed by atoms with Crippen molar-refractivity contribution in [3.05, 3.63) is 182 Å². The van der Waals surface area contributed by atoms with E-state index in [1.807, 2.05) is 0 Å². The van der Waals surface area contributed by atoms with E-state index in [4.69, 9.17) is 0 Å². The van der Waals surface area contributed by atoms with Gasteiger partial charge in [0.05, 0.1) is 21.8 Å². The molecular formula is C36H30B2F8S2. The molecule has 0 aliphatic rings. The molecular weight excluding hydrogens is 670 g/mol. The summed E-state index contributed by atoms with van der Waals surface area (Å²) in [5.74, 6) is 0. The Kier molecular flexibility index (Phi) is 15.4. The SMILES string of the molecule is F[B-](F)(F)F.F[B-](F)(F)F.c1ccc([S+](c2ccccc2)c2ccccc2)cc1.c1ccc([S+](c2ccccc2)c2ccccc2)cc1. The molecule has 0 N–H and O–H groups in total. The van der Waals surface area contributed by atoms with Crippen LogP contribution in [0.1, 0.15) is 0 Å². The molecule has 12 heteroatoms. The normalized spacial score (nSPS) is 10.9. The van der Waals surface area contributed by atoms with E-state index >= 15 is 0 Å². The van der Waals surface area contributed by atoms with E-state index in [1.165, 1.54) is 29.4 Å². The summed E-state index contributed by atoms with van der Waals surface area (Å²) in [6.07, 6.45) is 0. The zero-order valence-electron chi connectivity index (χ0n) is 25.3. The third kappa shape index (κ3) is 15.0. The zero-order chi connectivity index (χ0) is 34.8. The number of halogens is 8. The maximum Gasteiger partial charge on any atom is 0.673 e. The summed E-state index contributed by atoms with van der Waals surface area (Å²) in [6, 6.07) is 64.3. The summed E-state index contributed by atoms with van der Waals surface area (Å²) >= 11 is 0.